The number of nitrogen functional groups attached to an aromatic ring is 1. The van der Waals surface area contributed by atoms with E-state index in [0.717, 1.165) is 12.8 Å². The van der Waals surface area contributed by atoms with E-state index in [1.807, 2.05) is 0 Å². The summed E-state index contributed by atoms with van der Waals surface area (Å²) in [6.07, 6.45) is 1.96. The van der Waals surface area contributed by atoms with Crippen LogP contribution >= 0.6 is 0 Å². The predicted octanol–water partition coefficient (Wildman–Crippen LogP) is 0.401. The highest BCUT2D eigenvalue weighted by molar-refractivity contribution is 7.89. The van der Waals surface area contributed by atoms with Gasteiger partial charge in [-0.3, -0.25) is 4.79 Å². The first kappa shape index (κ1) is 14.8. The van der Waals surface area contributed by atoms with Crippen molar-refractivity contribution in [2.45, 2.75) is 30.2 Å². The Balaban J connectivity index is 2.18. The average molecular weight is 299 g/mol. The number of carboxylic acid groups (broad SMARTS) is 1. The molecule has 8 heteroatoms. The van der Waals surface area contributed by atoms with Crippen LogP contribution in [0.4, 0.5) is 5.69 Å². The molecule has 0 amide bonds. The van der Waals surface area contributed by atoms with Crippen molar-refractivity contribution >= 4 is 21.7 Å². The fourth-order valence-corrected chi connectivity index (χ4v) is 3.28. The molecule has 1 fully saturated rings. The number of nitrogens with one attached hydrogen (secondary N) is 1. The zero-order chi connectivity index (χ0) is 14.8. The van der Waals surface area contributed by atoms with Gasteiger partial charge in [0.15, 0.2) is 0 Å². The smallest absolute Gasteiger partial charge is 0.322 e. The number of carbonyl (C=O) groups is 1. The normalized spacial score (nSPS) is 20.7. The summed E-state index contributed by atoms with van der Waals surface area (Å²) in [5.74, 6) is -1.02. The Morgan fingerprint density at radius 3 is 2.55 bits per heavy atom. The van der Waals surface area contributed by atoms with E-state index in [1.54, 1.807) is 0 Å². The molecule has 0 saturated carbocycles. The minimum absolute atomic E-state index is 0.0569. The minimum atomic E-state index is -3.79. The van der Waals surface area contributed by atoms with Crippen LogP contribution in [0.2, 0.25) is 0 Å². The van der Waals surface area contributed by atoms with Crippen molar-refractivity contribution in [2.75, 3.05) is 12.3 Å². The second-order valence-corrected chi connectivity index (χ2v) is 6.37. The third kappa shape index (κ3) is 3.27. The van der Waals surface area contributed by atoms with Crippen molar-refractivity contribution in [2.24, 2.45) is 0 Å². The lowest BCUT2D eigenvalue weighted by atomic mass is 10.0. The topological polar surface area (TPSA) is 113 Å². The van der Waals surface area contributed by atoms with E-state index in [-0.39, 0.29) is 4.90 Å². The van der Waals surface area contributed by atoms with Gasteiger partial charge in [0, 0.05) is 12.2 Å². The number of hydrogen-bond acceptors (Lipinski definition) is 5. The van der Waals surface area contributed by atoms with Crippen LogP contribution in [0.3, 0.4) is 0 Å². The molecule has 1 heterocycles. The maximum Gasteiger partial charge on any atom is 0.322 e. The Morgan fingerprint density at radius 2 is 1.95 bits per heavy atom. The van der Waals surface area contributed by atoms with Gasteiger partial charge >= 0.3 is 5.97 Å². The van der Waals surface area contributed by atoms with Gasteiger partial charge in [-0.25, -0.2) is 13.4 Å². The van der Waals surface area contributed by atoms with Gasteiger partial charge < -0.3 is 10.8 Å². The number of hydrazine groups is 1. The van der Waals surface area contributed by atoms with Gasteiger partial charge in [-0.2, -0.15) is 0 Å². The molecule has 0 unspecified atom stereocenters. The van der Waals surface area contributed by atoms with E-state index >= 15 is 0 Å². The Bertz CT molecular complexity index is 585. The maximum atomic E-state index is 12.2. The number of rotatable bonds is 4. The molecule has 1 atom stereocenters. The van der Waals surface area contributed by atoms with Crippen molar-refractivity contribution < 1.29 is 18.3 Å². The van der Waals surface area contributed by atoms with Crippen LogP contribution in [0, 0.1) is 0 Å². The van der Waals surface area contributed by atoms with Crippen LogP contribution in [0.15, 0.2) is 29.2 Å². The van der Waals surface area contributed by atoms with Crippen molar-refractivity contribution in [3.8, 4) is 0 Å². The van der Waals surface area contributed by atoms with Crippen LogP contribution < -0.4 is 10.6 Å². The first-order chi connectivity index (χ1) is 9.40. The summed E-state index contributed by atoms with van der Waals surface area (Å²) in [6, 6.07) is 4.92. The highest BCUT2D eigenvalue weighted by atomic mass is 32.2. The Morgan fingerprint density at radius 1 is 1.30 bits per heavy atom. The van der Waals surface area contributed by atoms with Crippen LogP contribution in [-0.4, -0.2) is 37.1 Å². The van der Waals surface area contributed by atoms with Gasteiger partial charge in [0.1, 0.15) is 6.04 Å². The molecular weight excluding hydrogens is 282 g/mol. The zero-order valence-electron chi connectivity index (χ0n) is 10.8. The average Bonchev–Trinajstić information content (AvgIpc) is 2.39. The van der Waals surface area contributed by atoms with E-state index in [1.165, 1.54) is 29.3 Å². The largest absolute Gasteiger partial charge is 0.480 e. The maximum absolute atomic E-state index is 12.2. The number of sulfonamides is 1. The second kappa shape index (κ2) is 5.78. The fourth-order valence-electron chi connectivity index (χ4n) is 2.15. The van der Waals surface area contributed by atoms with Gasteiger partial charge in [-0.15, -0.1) is 4.83 Å². The summed E-state index contributed by atoms with van der Waals surface area (Å²) < 4.78 is 24.4. The molecule has 0 radical (unpaired) electrons. The molecule has 1 aromatic rings. The molecule has 0 bridgehead atoms. The molecule has 1 aromatic carbocycles. The Hall–Kier alpha value is -1.64. The molecule has 1 aliphatic heterocycles. The van der Waals surface area contributed by atoms with Gasteiger partial charge in [-0.05, 0) is 43.5 Å². The molecule has 4 N–H and O–H groups in total. The molecule has 110 valence electrons. The number of piperidine rings is 1. The van der Waals surface area contributed by atoms with E-state index in [0.29, 0.717) is 18.7 Å². The summed E-state index contributed by atoms with van der Waals surface area (Å²) in [6.45, 7) is 0.380. The highest BCUT2D eigenvalue weighted by Crippen LogP contribution is 2.18. The van der Waals surface area contributed by atoms with Gasteiger partial charge in [0.2, 0.25) is 0 Å². The summed E-state index contributed by atoms with van der Waals surface area (Å²) in [7, 11) is -3.79. The van der Waals surface area contributed by atoms with Crippen LogP contribution in [0.1, 0.15) is 19.3 Å². The minimum Gasteiger partial charge on any atom is -0.480 e. The lowest BCUT2D eigenvalue weighted by Crippen LogP contribution is -2.53. The lowest BCUT2D eigenvalue weighted by Gasteiger charge is -2.32. The van der Waals surface area contributed by atoms with E-state index < -0.39 is 22.0 Å². The zero-order valence-corrected chi connectivity index (χ0v) is 11.6. The van der Waals surface area contributed by atoms with E-state index in [9.17, 15) is 13.2 Å². The molecule has 0 spiro atoms. The van der Waals surface area contributed by atoms with Crippen molar-refractivity contribution in [1.82, 2.24) is 9.84 Å². The first-order valence-corrected chi connectivity index (χ1v) is 7.76. The molecular formula is C12H17N3O4S. The SMILES string of the molecule is Nc1ccc(S(=O)(=O)NN2CCCC[C@H]2C(=O)O)cc1. The predicted molar refractivity (Wildman–Crippen MR) is 73.2 cm³/mol. The molecule has 0 aliphatic carbocycles. The third-order valence-corrected chi connectivity index (χ3v) is 4.58. The number of nitrogens with zero attached hydrogens (tertiary/aromatic N) is 1. The summed E-state index contributed by atoms with van der Waals surface area (Å²) in [5.41, 5.74) is 5.98. The van der Waals surface area contributed by atoms with Crippen LogP contribution in [0.5, 0.6) is 0 Å². The standard InChI is InChI=1S/C12H17N3O4S/c13-9-4-6-10(7-5-9)20(18,19)14-15-8-2-1-3-11(15)12(16)17/h4-7,11,14H,1-3,8,13H2,(H,16,17)/t11-/m0/s1. The molecule has 2 rings (SSSR count). The number of anilines is 1. The second-order valence-electron chi connectivity index (χ2n) is 4.71. The molecule has 0 aromatic heterocycles. The number of hydrogen-bond donors (Lipinski definition) is 3. The van der Waals surface area contributed by atoms with Crippen molar-refractivity contribution in [1.29, 1.82) is 0 Å². The first-order valence-electron chi connectivity index (χ1n) is 6.27. The summed E-state index contributed by atoms with van der Waals surface area (Å²) in [5, 5.41) is 10.4. The lowest BCUT2D eigenvalue weighted by molar-refractivity contribution is -0.145. The van der Waals surface area contributed by atoms with Crippen molar-refractivity contribution in [3.05, 3.63) is 24.3 Å². The highest BCUT2D eigenvalue weighted by Gasteiger charge is 2.31. The van der Waals surface area contributed by atoms with E-state index in [2.05, 4.69) is 4.83 Å². The van der Waals surface area contributed by atoms with Gasteiger partial charge in [0.05, 0.1) is 4.90 Å². The number of aliphatic carboxylic acids is 1. The molecule has 7 nitrogen and oxygen atoms in total. The van der Waals surface area contributed by atoms with Gasteiger partial charge in [0.25, 0.3) is 10.0 Å². The Kier molecular flexibility index (Phi) is 4.26. The van der Waals surface area contributed by atoms with Crippen LogP contribution in [-0.2, 0) is 14.8 Å². The van der Waals surface area contributed by atoms with Gasteiger partial charge in [-0.1, -0.05) is 0 Å². The van der Waals surface area contributed by atoms with Crippen molar-refractivity contribution in [3.63, 3.8) is 0 Å². The molecule has 1 saturated heterocycles. The van der Waals surface area contributed by atoms with Crippen LogP contribution in [0.25, 0.3) is 0 Å². The fraction of sp³-hybridized carbons (Fsp3) is 0.417. The quantitative estimate of drug-likeness (QED) is 0.694. The monoisotopic (exact) mass is 299 g/mol. The third-order valence-electron chi connectivity index (χ3n) is 3.22. The number of benzene rings is 1. The molecule has 1 aliphatic rings. The summed E-state index contributed by atoms with van der Waals surface area (Å²) >= 11 is 0. The Labute approximate surface area is 117 Å². The van der Waals surface area contributed by atoms with E-state index in [4.69, 9.17) is 10.8 Å². The number of nitrogens with two attached hydrogens (primary N) is 1. The summed E-state index contributed by atoms with van der Waals surface area (Å²) in [4.78, 5) is 13.5. The molecule has 20 heavy (non-hydrogen) atoms. The number of carboxylic acids is 1.